The Kier molecular flexibility index (Phi) is 2.23. The van der Waals surface area contributed by atoms with Crippen molar-refractivity contribution in [3.8, 4) is 11.3 Å². The third kappa shape index (κ3) is 1.43. The van der Waals surface area contributed by atoms with Gasteiger partial charge in [0, 0.05) is 32.1 Å². The van der Waals surface area contributed by atoms with Crippen LogP contribution in [0.3, 0.4) is 0 Å². The normalized spacial score (nSPS) is 13.4. The first-order chi connectivity index (χ1) is 8.83. The highest BCUT2D eigenvalue weighted by Gasteiger charge is 2.20. The van der Waals surface area contributed by atoms with Crippen LogP contribution >= 0.6 is 23.4 Å². The molecule has 0 atom stereocenters. The minimum atomic E-state index is 0.799. The Balaban J connectivity index is 2.08. The lowest BCUT2D eigenvalue weighted by atomic mass is 10.1. The third-order valence-corrected chi connectivity index (χ3v) is 4.73. The zero-order chi connectivity index (χ0) is 12.1. The summed E-state index contributed by atoms with van der Waals surface area (Å²) in [7, 11) is 0. The summed E-state index contributed by atoms with van der Waals surface area (Å²) in [6, 6.07) is 14.6. The van der Waals surface area contributed by atoms with Gasteiger partial charge in [0.15, 0.2) is 0 Å². The highest BCUT2D eigenvalue weighted by Crippen LogP contribution is 2.44. The summed E-state index contributed by atoms with van der Waals surface area (Å²) in [6.07, 6.45) is 0. The summed E-state index contributed by atoms with van der Waals surface area (Å²) >= 11 is 7.99. The smallest absolute Gasteiger partial charge is 0.0517 e. The van der Waals surface area contributed by atoms with Gasteiger partial charge in [-0.05, 0) is 29.8 Å². The number of fused-ring (bicyclic) bond motifs is 5. The van der Waals surface area contributed by atoms with Crippen molar-refractivity contribution in [3.63, 3.8) is 0 Å². The fraction of sp³-hybridized carbons (Fsp3) is 0.0667. The quantitative estimate of drug-likeness (QED) is 0.602. The molecule has 0 unspecified atom stereocenters. The lowest BCUT2D eigenvalue weighted by molar-refractivity contribution is 1.30. The molecule has 1 aliphatic rings. The molecule has 0 saturated heterocycles. The number of aromatic nitrogens is 1. The molecule has 3 heteroatoms. The molecule has 1 aliphatic heterocycles. The molecule has 1 nitrogen and oxygen atoms in total. The number of aromatic amines is 1. The monoisotopic (exact) mass is 271 g/mol. The highest BCUT2D eigenvalue weighted by molar-refractivity contribution is 7.98. The summed E-state index contributed by atoms with van der Waals surface area (Å²) in [5.74, 6) is 1.01. The van der Waals surface area contributed by atoms with E-state index in [1.54, 1.807) is 0 Å². The van der Waals surface area contributed by atoms with Crippen LogP contribution in [-0.2, 0) is 5.75 Å². The number of thioether (sulfide) groups is 1. The van der Waals surface area contributed by atoms with E-state index in [0.717, 1.165) is 10.8 Å². The van der Waals surface area contributed by atoms with Crippen LogP contribution in [0.1, 0.15) is 5.56 Å². The third-order valence-electron chi connectivity index (χ3n) is 3.40. The van der Waals surface area contributed by atoms with Crippen LogP contribution in [0, 0.1) is 0 Å². The number of halogens is 1. The van der Waals surface area contributed by atoms with E-state index >= 15 is 0 Å². The fourth-order valence-electron chi connectivity index (χ4n) is 2.55. The average Bonchev–Trinajstić information content (AvgIpc) is 2.77. The number of hydrogen-bond acceptors (Lipinski definition) is 1. The van der Waals surface area contributed by atoms with E-state index in [1.165, 1.54) is 32.6 Å². The van der Waals surface area contributed by atoms with Crippen LogP contribution in [-0.4, -0.2) is 4.98 Å². The average molecular weight is 272 g/mol. The van der Waals surface area contributed by atoms with E-state index < -0.39 is 0 Å². The van der Waals surface area contributed by atoms with Crippen molar-refractivity contribution in [2.45, 2.75) is 10.6 Å². The maximum Gasteiger partial charge on any atom is 0.0517 e. The van der Waals surface area contributed by atoms with E-state index in [1.807, 2.05) is 17.8 Å². The van der Waals surface area contributed by atoms with Crippen LogP contribution in [0.15, 0.2) is 47.4 Å². The van der Waals surface area contributed by atoms with Crippen LogP contribution in [0.4, 0.5) is 0 Å². The molecule has 0 amide bonds. The van der Waals surface area contributed by atoms with Gasteiger partial charge in [-0.15, -0.1) is 11.8 Å². The maximum atomic E-state index is 6.10. The molecule has 1 aromatic heterocycles. The molecule has 18 heavy (non-hydrogen) atoms. The van der Waals surface area contributed by atoms with Gasteiger partial charge >= 0.3 is 0 Å². The maximum absolute atomic E-state index is 6.10. The van der Waals surface area contributed by atoms with Crippen LogP contribution in [0.2, 0.25) is 5.02 Å². The summed E-state index contributed by atoms with van der Waals surface area (Å²) in [5.41, 5.74) is 5.09. The molecule has 2 aromatic carbocycles. The van der Waals surface area contributed by atoms with E-state index in [0.29, 0.717) is 0 Å². The van der Waals surface area contributed by atoms with Crippen LogP contribution in [0.25, 0.3) is 22.2 Å². The Labute approximate surface area is 114 Å². The number of H-pyrrole nitrogens is 1. The standard InChI is InChI=1S/C15H10ClNS/c16-9-5-6-13-11(7-9)12-8-18-14-4-2-1-3-10(14)15(12)17-13/h1-7,17H,8H2. The molecule has 0 aliphatic carbocycles. The molecule has 1 N–H and O–H groups in total. The van der Waals surface area contributed by atoms with Crippen molar-refractivity contribution >= 4 is 34.3 Å². The van der Waals surface area contributed by atoms with E-state index in [9.17, 15) is 0 Å². The molecule has 0 saturated carbocycles. The second kappa shape index (κ2) is 3.81. The number of nitrogens with one attached hydrogen (secondary N) is 1. The number of rotatable bonds is 0. The van der Waals surface area contributed by atoms with Crippen molar-refractivity contribution in [3.05, 3.63) is 53.1 Å². The predicted octanol–water partition coefficient (Wildman–Crippen LogP) is 5.09. The zero-order valence-electron chi connectivity index (χ0n) is 9.53. The summed E-state index contributed by atoms with van der Waals surface area (Å²) in [6.45, 7) is 0. The van der Waals surface area contributed by atoms with Gasteiger partial charge in [-0.1, -0.05) is 29.8 Å². The summed E-state index contributed by atoms with van der Waals surface area (Å²) in [5, 5.41) is 2.05. The second-order valence-corrected chi connectivity index (χ2v) is 5.91. The van der Waals surface area contributed by atoms with Gasteiger partial charge in [-0.2, -0.15) is 0 Å². The van der Waals surface area contributed by atoms with Crippen LogP contribution < -0.4 is 0 Å². The first kappa shape index (κ1) is 10.5. The SMILES string of the molecule is Clc1ccc2[nH]c3c(c2c1)CSc1ccccc1-3. The molecule has 0 radical (unpaired) electrons. The van der Waals surface area contributed by atoms with Gasteiger partial charge in [-0.3, -0.25) is 0 Å². The Morgan fingerprint density at radius 2 is 2.00 bits per heavy atom. The van der Waals surface area contributed by atoms with Gasteiger partial charge in [0.25, 0.3) is 0 Å². The molecular formula is C15H10ClNS. The van der Waals surface area contributed by atoms with E-state index in [-0.39, 0.29) is 0 Å². The summed E-state index contributed by atoms with van der Waals surface area (Å²) in [4.78, 5) is 4.88. The Hall–Kier alpha value is -1.38. The molecule has 0 bridgehead atoms. The lowest BCUT2D eigenvalue weighted by Gasteiger charge is -2.15. The molecule has 3 aromatic rings. The summed E-state index contributed by atoms with van der Waals surface area (Å²) < 4.78 is 0. The minimum Gasteiger partial charge on any atom is -0.354 e. The fourth-order valence-corrected chi connectivity index (χ4v) is 3.82. The van der Waals surface area contributed by atoms with Gasteiger partial charge in [-0.25, -0.2) is 0 Å². The van der Waals surface area contributed by atoms with Gasteiger partial charge in [0.1, 0.15) is 0 Å². The lowest BCUT2D eigenvalue weighted by Crippen LogP contribution is -1.93. The van der Waals surface area contributed by atoms with Gasteiger partial charge in [0.05, 0.1) is 5.69 Å². The Morgan fingerprint density at radius 3 is 2.94 bits per heavy atom. The predicted molar refractivity (Wildman–Crippen MR) is 78.3 cm³/mol. The van der Waals surface area contributed by atoms with Crippen molar-refractivity contribution in [2.75, 3.05) is 0 Å². The molecular weight excluding hydrogens is 262 g/mol. The van der Waals surface area contributed by atoms with Crippen molar-refractivity contribution in [1.82, 2.24) is 4.98 Å². The molecule has 0 fully saturated rings. The molecule has 0 spiro atoms. The Morgan fingerprint density at radius 1 is 1.11 bits per heavy atom. The van der Waals surface area contributed by atoms with Crippen molar-refractivity contribution < 1.29 is 0 Å². The largest absolute Gasteiger partial charge is 0.354 e. The second-order valence-electron chi connectivity index (χ2n) is 4.45. The molecule has 2 heterocycles. The highest BCUT2D eigenvalue weighted by atomic mass is 35.5. The number of benzene rings is 2. The van der Waals surface area contributed by atoms with Crippen molar-refractivity contribution in [2.24, 2.45) is 0 Å². The topological polar surface area (TPSA) is 15.8 Å². The molecule has 88 valence electrons. The first-order valence-electron chi connectivity index (χ1n) is 5.85. The van der Waals surface area contributed by atoms with Gasteiger partial charge in [0.2, 0.25) is 0 Å². The number of hydrogen-bond donors (Lipinski definition) is 1. The Bertz CT molecular complexity index is 760. The van der Waals surface area contributed by atoms with Crippen molar-refractivity contribution in [1.29, 1.82) is 0 Å². The van der Waals surface area contributed by atoms with E-state index in [2.05, 4.69) is 41.4 Å². The zero-order valence-corrected chi connectivity index (χ0v) is 11.1. The van der Waals surface area contributed by atoms with E-state index in [4.69, 9.17) is 11.6 Å². The molecule has 4 rings (SSSR count). The first-order valence-corrected chi connectivity index (χ1v) is 7.21. The minimum absolute atomic E-state index is 0.799. The van der Waals surface area contributed by atoms with Gasteiger partial charge < -0.3 is 4.98 Å². The van der Waals surface area contributed by atoms with Crippen LogP contribution in [0.5, 0.6) is 0 Å².